The fraction of sp³-hybridized carbons (Fsp3) is 0.455. The molecule has 1 aromatic carbocycles. The lowest BCUT2D eigenvalue weighted by atomic mass is 10.2. The third-order valence-electron chi connectivity index (χ3n) is 2.17. The van der Waals surface area contributed by atoms with Crippen LogP contribution in [0.2, 0.25) is 0 Å². The second kappa shape index (κ2) is 5.69. The molecule has 0 fully saturated rings. The van der Waals surface area contributed by atoms with Crippen LogP contribution >= 0.6 is 25.3 Å². The molecule has 0 heterocycles. The van der Waals surface area contributed by atoms with E-state index >= 15 is 0 Å². The average Bonchev–Trinajstić information content (AvgIpc) is 2.15. The molecule has 0 bridgehead atoms. The van der Waals surface area contributed by atoms with Crippen molar-refractivity contribution < 1.29 is 0 Å². The van der Waals surface area contributed by atoms with E-state index in [1.165, 1.54) is 5.56 Å². The molecule has 14 heavy (non-hydrogen) atoms. The van der Waals surface area contributed by atoms with Crippen molar-refractivity contribution in [2.75, 3.05) is 0 Å². The van der Waals surface area contributed by atoms with Gasteiger partial charge in [-0.2, -0.15) is 0 Å². The first-order valence-corrected chi connectivity index (χ1v) is 5.80. The number of hydrogen-bond donors (Lipinski definition) is 2. The lowest BCUT2D eigenvalue weighted by Gasteiger charge is -2.29. The van der Waals surface area contributed by atoms with Crippen LogP contribution in [0.4, 0.5) is 0 Å². The van der Waals surface area contributed by atoms with Crippen molar-refractivity contribution >= 4 is 25.3 Å². The lowest BCUT2D eigenvalue weighted by Crippen LogP contribution is -2.33. The van der Waals surface area contributed by atoms with Gasteiger partial charge >= 0.3 is 0 Å². The second-order valence-corrected chi connectivity index (χ2v) is 4.98. The summed E-state index contributed by atoms with van der Waals surface area (Å²) in [6, 6.07) is 10.8. The second-order valence-electron chi connectivity index (χ2n) is 3.60. The van der Waals surface area contributed by atoms with Crippen LogP contribution < -0.4 is 0 Å². The van der Waals surface area contributed by atoms with Crippen LogP contribution in [0, 0.1) is 0 Å². The van der Waals surface area contributed by atoms with Gasteiger partial charge in [-0.05, 0) is 19.4 Å². The molecule has 78 valence electrons. The van der Waals surface area contributed by atoms with E-state index in [1.54, 1.807) is 0 Å². The highest BCUT2D eigenvalue weighted by molar-refractivity contribution is 7.99. The van der Waals surface area contributed by atoms with E-state index in [2.05, 4.69) is 68.3 Å². The van der Waals surface area contributed by atoms with Crippen LogP contribution in [0.15, 0.2) is 30.3 Å². The highest BCUT2D eigenvalue weighted by Crippen LogP contribution is 2.16. The lowest BCUT2D eigenvalue weighted by molar-refractivity contribution is 0.240. The average molecular weight is 227 g/mol. The summed E-state index contributed by atoms with van der Waals surface area (Å²) >= 11 is 8.71. The van der Waals surface area contributed by atoms with Crippen molar-refractivity contribution in [3.8, 4) is 0 Å². The molecule has 1 nitrogen and oxygen atoms in total. The fourth-order valence-corrected chi connectivity index (χ4v) is 2.02. The first-order valence-electron chi connectivity index (χ1n) is 4.77. The molecule has 3 heteroatoms. The van der Waals surface area contributed by atoms with Crippen molar-refractivity contribution in [1.82, 2.24) is 4.90 Å². The molecule has 0 radical (unpaired) electrons. The minimum atomic E-state index is -0.00444. The third-order valence-corrected chi connectivity index (χ3v) is 2.76. The van der Waals surface area contributed by atoms with Crippen LogP contribution in [-0.4, -0.2) is 15.6 Å². The molecule has 0 saturated carbocycles. The van der Waals surface area contributed by atoms with Gasteiger partial charge in [-0.15, -0.1) is 25.3 Å². The molecule has 0 N–H and O–H groups in total. The number of hydrogen-bond acceptors (Lipinski definition) is 3. The zero-order chi connectivity index (χ0) is 10.6. The van der Waals surface area contributed by atoms with Crippen molar-refractivity contribution in [1.29, 1.82) is 0 Å². The normalized spacial score (nSPS) is 11.6. The molecule has 0 saturated heterocycles. The molecule has 0 aliphatic carbocycles. The van der Waals surface area contributed by atoms with Crippen LogP contribution in [0.1, 0.15) is 19.4 Å². The van der Waals surface area contributed by atoms with Crippen molar-refractivity contribution in [2.45, 2.75) is 31.1 Å². The Balaban J connectivity index is 2.65. The predicted octanol–water partition coefficient (Wildman–Crippen LogP) is 3.04. The van der Waals surface area contributed by atoms with Crippen LogP contribution in [0.5, 0.6) is 0 Å². The van der Waals surface area contributed by atoms with E-state index in [-0.39, 0.29) is 4.71 Å². The van der Waals surface area contributed by atoms with Crippen molar-refractivity contribution in [3.63, 3.8) is 0 Å². The Hall–Kier alpha value is -0.120. The Labute approximate surface area is 97.3 Å². The Bertz CT molecular complexity index is 251. The summed E-state index contributed by atoms with van der Waals surface area (Å²) < 4.78 is -0.00444. The van der Waals surface area contributed by atoms with Crippen molar-refractivity contribution in [2.24, 2.45) is 0 Å². The van der Waals surface area contributed by atoms with E-state index in [9.17, 15) is 0 Å². The Kier molecular flexibility index (Phi) is 4.85. The number of nitrogens with zero attached hydrogens (tertiary/aromatic N) is 1. The Morgan fingerprint density at radius 2 is 1.71 bits per heavy atom. The SMILES string of the molecule is CC(C)N(Cc1ccccc1)C(S)S. The summed E-state index contributed by atoms with van der Waals surface area (Å²) in [4.78, 5) is 2.22. The highest BCUT2D eigenvalue weighted by Gasteiger charge is 2.14. The van der Waals surface area contributed by atoms with Crippen LogP contribution in [0.25, 0.3) is 0 Å². The van der Waals surface area contributed by atoms with Gasteiger partial charge in [0.05, 0.1) is 4.71 Å². The molecule has 0 unspecified atom stereocenters. The van der Waals surface area contributed by atoms with Gasteiger partial charge in [-0.1, -0.05) is 30.3 Å². The summed E-state index contributed by atoms with van der Waals surface area (Å²) in [6.45, 7) is 5.21. The third kappa shape index (κ3) is 3.56. The molecule has 0 atom stereocenters. The molecule has 0 aromatic heterocycles. The standard InChI is InChI=1S/C11H17NS2/c1-9(2)12(11(13)14)8-10-6-4-3-5-7-10/h3-7,9,11,13-14H,8H2,1-2H3. The molecule has 0 aliphatic heterocycles. The van der Waals surface area contributed by atoms with E-state index in [4.69, 9.17) is 0 Å². The van der Waals surface area contributed by atoms with Gasteiger partial charge in [0, 0.05) is 12.6 Å². The maximum absolute atomic E-state index is 4.35. The van der Waals surface area contributed by atoms with Gasteiger partial charge in [0.2, 0.25) is 0 Å². The summed E-state index contributed by atoms with van der Waals surface area (Å²) in [6.07, 6.45) is 0. The van der Waals surface area contributed by atoms with Gasteiger partial charge in [-0.3, -0.25) is 4.90 Å². The van der Waals surface area contributed by atoms with Crippen molar-refractivity contribution in [3.05, 3.63) is 35.9 Å². The van der Waals surface area contributed by atoms with E-state index in [0.29, 0.717) is 6.04 Å². The van der Waals surface area contributed by atoms with Crippen LogP contribution in [0.3, 0.4) is 0 Å². The first-order chi connectivity index (χ1) is 6.61. The van der Waals surface area contributed by atoms with Gasteiger partial charge in [0.25, 0.3) is 0 Å². The van der Waals surface area contributed by atoms with E-state index in [0.717, 1.165) is 6.54 Å². The molecule has 1 rings (SSSR count). The quantitative estimate of drug-likeness (QED) is 0.591. The maximum Gasteiger partial charge on any atom is 0.0974 e. The van der Waals surface area contributed by atoms with E-state index < -0.39 is 0 Å². The maximum atomic E-state index is 4.35. The Morgan fingerprint density at radius 3 is 2.14 bits per heavy atom. The molecular formula is C11H17NS2. The highest BCUT2D eigenvalue weighted by atomic mass is 32.2. The molecule has 0 aliphatic rings. The molecule has 0 spiro atoms. The Morgan fingerprint density at radius 1 is 1.14 bits per heavy atom. The summed E-state index contributed by atoms with van der Waals surface area (Å²) in [5.41, 5.74) is 1.30. The van der Waals surface area contributed by atoms with Gasteiger partial charge in [0.1, 0.15) is 0 Å². The van der Waals surface area contributed by atoms with Gasteiger partial charge < -0.3 is 0 Å². The molecule has 0 amide bonds. The van der Waals surface area contributed by atoms with Crippen LogP contribution in [-0.2, 0) is 6.54 Å². The first kappa shape index (κ1) is 12.0. The zero-order valence-electron chi connectivity index (χ0n) is 8.59. The number of benzene rings is 1. The monoisotopic (exact) mass is 227 g/mol. The molecular weight excluding hydrogens is 210 g/mol. The minimum Gasteiger partial charge on any atom is -0.277 e. The van der Waals surface area contributed by atoms with Gasteiger partial charge in [0.15, 0.2) is 0 Å². The topological polar surface area (TPSA) is 3.24 Å². The molecule has 1 aromatic rings. The summed E-state index contributed by atoms with van der Waals surface area (Å²) in [7, 11) is 0. The zero-order valence-corrected chi connectivity index (χ0v) is 10.4. The van der Waals surface area contributed by atoms with E-state index in [1.807, 2.05) is 6.07 Å². The largest absolute Gasteiger partial charge is 0.277 e. The minimum absolute atomic E-state index is 0.00444. The predicted molar refractivity (Wildman–Crippen MR) is 68.9 cm³/mol. The number of rotatable bonds is 4. The van der Waals surface area contributed by atoms with Gasteiger partial charge in [-0.25, -0.2) is 0 Å². The number of thiol groups is 2. The fourth-order valence-electron chi connectivity index (χ4n) is 1.33. The smallest absolute Gasteiger partial charge is 0.0974 e. The summed E-state index contributed by atoms with van der Waals surface area (Å²) in [5.74, 6) is 0. The summed E-state index contributed by atoms with van der Waals surface area (Å²) in [5, 5.41) is 0.